The molecule has 3 aliphatic heterocycles. The third-order valence-electron chi connectivity index (χ3n) is 9.48. The Kier molecular flexibility index (Phi) is 15.3. The zero-order valence-electron chi connectivity index (χ0n) is 29.3. The number of aliphatic hydroxyl groups is 2. The van der Waals surface area contributed by atoms with Gasteiger partial charge in [0.1, 0.15) is 17.6 Å². The standard InChI is InChI=1S/C37H43N3O7.2CH2O2/c41-31-15-13-29(30-14-16-34(43)39-35(30)31)32(42)23-38-19-5-2-6-22-46-28-11-9-27(10-12-28)37(45,26-7-3-1-4-8-26)36(44)47-33-24-40-20-17-25(33)18-21-40;2*2-1-3/h1,3-4,7-16,25,32-33,38,41-42,45H,2,5-6,17-24H2,(H,39,43);2*1H,(H,2,3)/t32-,33-,37?;;/m0../s1. The van der Waals surface area contributed by atoms with E-state index in [0.717, 1.165) is 45.2 Å². The van der Waals surface area contributed by atoms with Gasteiger partial charge in [0.05, 0.1) is 18.2 Å². The molecule has 14 heteroatoms. The minimum absolute atomic E-state index is 0.0342. The Morgan fingerprint density at radius 1 is 0.925 bits per heavy atom. The number of phenolic OH excluding ortho intramolecular Hbond substituents is 1. The molecule has 4 aromatic rings. The van der Waals surface area contributed by atoms with Crippen LogP contribution in [0, 0.1) is 5.92 Å². The van der Waals surface area contributed by atoms with Crippen LogP contribution >= 0.6 is 0 Å². The van der Waals surface area contributed by atoms with Crippen molar-refractivity contribution in [2.45, 2.75) is 49.9 Å². The lowest BCUT2D eigenvalue weighted by Gasteiger charge is -2.44. The summed E-state index contributed by atoms with van der Waals surface area (Å²) in [5.41, 5.74) is -0.392. The molecule has 0 spiro atoms. The molecule has 3 atom stereocenters. The number of fused-ring (bicyclic) bond motifs is 4. The molecule has 7 N–H and O–H groups in total. The number of aromatic amines is 1. The number of carbonyl (C=O) groups is 3. The molecule has 7 rings (SSSR count). The van der Waals surface area contributed by atoms with E-state index in [2.05, 4.69) is 15.2 Å². The van der Waals surface area contributed by atoms with E-state index in [4.69, 9.17) is 29.3 Å². The molecule has 284 valence electrons. The summed E-state index contributed by atoms with van der Waals surface area (Å²) in [4.78, 5) is 46.9. The van der Waals surface area contributed by atoms with Gasteiger partial charge in [-0.25, -0.2) is 4.79 Å². The number of carbonyl (C=O) groups excluding carboxylic acids is 1. The second-order valence-electron chi connectivity index (χ2n) is 12.8. The normalized spacial score (nSPS) is 18.9. The molecule has 1 aromatic heterocycles. The highest BCUT2D eigenvalue weighted by Gasteiger charge is 2.45. The van der Waals surface area contributed by atoms with Crippen LogP contribution in [-0.4, -0.2) is 99.8 Å². The summed E-state index contributed by atoms with van der Waals surface area (Å²) in [6.07, 6.45) is 3.66. The van der Waals surface area contributed by atoms with E-state index >= 15 is 0 Å². The van der Waals surface area contributed by atoms with E-state index in [1.54, 1.807) is 60.7 Å². The fourth-order valence-electron chi connectivity index (χ4n) is 6.76. The van der Waals surface area contributed by atoms with Gasteiger partial charge in [0.2, 0.25) is 11.2 Å². The Labute approximate surface area is 306 Å². The Morgan fingerprint density at radius 2 is 1.58 bits per heavy atom. The van der Waals surface area contributed by atoms with Crippen molar-refractivity contribution in [2.24, 2.45) is 5.92 Å². The highest BCUT2D eigenvalue weighted by Crippen LogP contribution is 2.36. The van der Waals surface area contributed by atoms with Crippen molar-refractivity contribution in [1.29, 1.82) is 0 Å². The first kappa shape index (κ1) is 40.5. The van der Waals surface area contributed by atoms with Gasteiger partial charge in [0.15, 0.2) is 0 Å². The van der Waals surface area contributed by atoms with Gasteiger partial charge < -0.3 is 45.3 Å². The zero-order chi connectivity index (χ0) is 38.2. The van der Waals surface area contributed by atoms with Crippen molar-refractivity contribution in [2.75, 3.05) is 39.3 Å². The molecule has 3 aromatic carbocycles. The van der Waals surface area contributed by atoms with Gasteiger partial charge in [-0.05, 0) is 98.6 Å². The van der Waals surface area contributed by atoms with E-state index in [1.165, 1.54) is 12.1 Å². The van der Waals surface area contributed by atoms with Crippen LogP contribution in [0.3, 0.4) is 0 Å². The summed E-state index contributed by atoms with van der Waals surface area (Å²) < 4.78 is 12.0. The Hall–Kier alpha value is -5.28. The topological polar surface area (TPSA) is 219 Å². The predicted molar refractivity (Wildman–Crippen MR) is 196 cm³/mol. The molecule has 3 aliphatic rings. The smallest absolute Gasteiger partial charge is 0.348 e. The maximum Gasteiger partial charge on any atom is 0.348 e. The number of piperidine rings is 3. The molecule has 4 heterocycles. The highest BCUT2D eigenvalue weighted by atomic mass is 16.6. The molecular weight excluding hydrogens is 686 g/mol. The van der Waals surface area contributed by atoms with Crippen molar-refractivity contribution >= 4 is 29.8 Å². The summed E-state index contributed by atoms with van der Waals surface area (Å²) in [6.45, 7) is 3.86. The molecule has 0 saturated carbocycles. The average molecular weight is 734 g/mol. The number of H-pyrrole nitrogens is 1. The van der Waals surface area contributed by atoms with Crippen LogP contribution in [0.5, 0.6) is 11.5 Å². The summed E-state index contributed by atoms with van der Waals surface area (Å²) in [5.74, 6) is 0.305. The number of hydrogen-bond donors (Lipinski definition) is 7. The van der Waals surface area contributed by atoms with Crippen LogP contribution in [0.15, 0.2) is 83.7 Å². The van der Waals surface area contributed by atoms with Crippen molar-refractivity contribution < 1.29 is 49.4 Å². The molecule has 3 fully saturated rings. The van der Waals surface area contributed by atoms with Crippen LogP contribution in [-0.2, 0) is 24.7 Å². The van der Waals surface area contributed by atoms with E-state index in [1.807, 2.05) is 6.07 Å². The fourth-order valence-corrected chi connectivity index (χ4v) is 6.76. The number of rotatable bonds is 14. The summed E-state index contributed by atoms with van der Waals surface area (Å²) >= 11 is 0. The number of unbranched alkanes of at least 4 members (excludes halogenated alkanes) is 2. The van der Waals surface area contributed by atoms with Gasteiger partial charge in [-0.3, -0.25) is 19.3 Å². The third-order valence-corrected chi connectivity index (χ3v) is 9.48. The van der Waals surface area contributed by atoms with Gasteiger partial charge in [0.25, 0.3) is 12.9 Å². The lowest BCUT2D eigenvalue weighted by molar-refractivity contribution is -0.177. The first-order valence-electron chi connectivity index (χ1n) is 17.5. The Balaban J connectivity index is 0.000000980. The van der Waals surface area contributed by atoms with Gasteiger partial charge in [-0.2, -0.15) is 0 Å². The molecule has 0 radical (unpaired) electrons. The lowest BCUT2D eigenvalue weighted by Crippen LogP contribution is -2.53. The number of esters is 1. The van der Waals surface area contributed by atoms with Crippen LogP contribution in [0.25, 0.3) is 10.9 Å². The molecule has 3 saturated heterocycles. The third kappa shape index (κ3) is 10.6. The predicted octanol–water partition coefficient (Wildman–Crippen LogP) is 3.38. The highest BCUT2D eigenvalue weighted by molar-refractivity contribution is 5.87. The summed E-state index contributed by atoms with van der Waals surface area (Å²) in [5, 5.41) is 50.3. The minimum Gasteiger partial charge on any atom is -0.506 e. The van der Waals surface area contributed by atoms with E-state index in [-0.39, 0.29) is 30.4 Å². The molecule has 1 unspecified atom stereocenters. The van der Waals surface area contributed by atoms with Gasteiger partial charge >= 0.3 is 5.97 Å². The second-order valence-corrected chi connectivity index (χ2v) is 12.8. The number of aromatic nitrogens is 1. The second kappa shape index (κ2) is 20.1. The van der Waals surface area contributed by atoms with Crippen molar-refractivity contribution in [1.82, 2.24) is 15.2 Å². The largest absolute Gasteiger partial charge is 0.506 e. The van der Waals surface area contributed by atoms with Gasteiger partial charge in [-0.1, -0.05) is 48.5 Å². The monoisotopic (exact) mass is 733 g/mol. The van der Waals surface area contributed by atoms with E-state index < -0.39 is 17.7 Å². The molecule has 0 aliphatic carbocycles. The molecular formula is C39H47N3O11. The Bertz CT molecular complexity index is 1810. The summed E-state index contributed by atoms with van der Waals surface area (Å²) in [6, 6.07) is 22.1. The van der Waals surface area contributed by atoms with Crippen molar-refractivity contribution in [3.63, 3.8) is 0 Å². The average Bonchev–Trinajstić information content (AvgIpc) is 3.17. The maximum absolute atomic E-state index is 13.6. The minimum atomic E-state index is -1.93. The van der Waals surface area contributed by atoms with Gasteiger partial charge in [0, 0.05) is 24.5 Å². The van der Waals surface area contributed by atoms with Gasteiger partial charge in [-0.15, -0.1) is 0 Å². The van der Waals surface area contributed by atoms with E-state index in [9.17, 15) is 24.9 Å². The number of nitrogens with one attached hydrogen (secondary N) is 2. The van der Waals surface area contributed by atoms with Crippen LogP contribution in [0.2, 0.25) is 0 Å². The van der Waals surface area contributed by atoms with Crippen LogP contribution in [0.1, 0.15) is 54.9 Å². The molecule has 14 nitrogen and oxygen atoms in total. The lowest BCUT2D eigenvalue weighted by atomic mass is 9.84. The number of ether oxygens (including phenoxy) is 2. The number of benzene rings is 3. The molecule has 53 heavy (non-hydrogen) atoms. The first-order valence-corrected chi connectivity index (χ1v) is 17.5. The number of pyridine rings is 1. The number of nitrogens with zero attached hydrogens (tertiary/aromatic N) is 1. The number of hydrogen-bond acceptors (Lipinski definition) is 11. The SMILES string of the molecule is O=C(O[C@H]1CN2CCC1CC2)C(O)(c1ccccc1)c1ccc(OCCCCCNC[C@H](O)c2ccc(O)c3[nH]c(=O)ccc23)cc1.O=CO.O=CO. The Morgan fingerprint density at radius 3 is 2.23 bits per heavy atom. The summed E-state index contributed by atoms with van der Waals surface area (Å²) in [7, 11) is 0. The number of carboxylic acid groups (broad SMARTS) is 2. The van der Waals surface area contributed by atoms with E-state index in [0.29, 0.717) is 65.5 Å². The number of aromatic hydroxyl groups is 1. The first-order chi connectivity index (χ1) is 25.7. The zero-order valence-corrected chi connectivity index (χ0v) is 29.3. The van der Waals surface area contributed by atoms with Crippen molar-refractivity contribution in [3.8, 4) is 11.5 Å². The van der Waals surface area contributed by atoms with Crippen LogP contribution in [0.4, 0.5) is 0 Å². The quantitative estimate of drug-likeness (QED) is 0.0562. The fraction of sp³-hybridized carbons (Fsp3) is 0.385. The van der Waals surface area contributed by atoms with Crippen LogP contribution < -0.4 is 15.6 Å². The van der Waals surface area contributed by atoms with Crippen molar-refractivity contribution in [3.05, 3.63) is 106 Å². The molecule has 2 bridgehead atoms. The maximum atomic E-state index is 13.6. The molecule has 0 amide bonds. The number of aliphatic hydroxyl groups excluding tert-OH is 1. The number of phenols is 1.